The summed E-state index contributed by atoms with van der Waals surface area (Å²) in [6, 6.07) is 19.9. The number of piperazine rings is 1. The van der Waals surface area contributed by atoms with Crippen molar-refractivity contribution in [1.82, 2.24) is 19.4 Å². The summed E-state index contributed by atoms with van der Waals surface area (Å²) in [6.45, 7) is 4.15. The molecule has 1 aromatic heterocycles. The van der Waals surface area contributed by atoms with Gasteiger partial charge in [0.15, 0.2) is 5.82 Å². The third kappa shape index (κ3) is 4.91. The number of benzene rings is 3. The minimum Gasteiger partial charge on any atom is -0.366 e. The Morgan fingerprint density at radius 1 is 0.919 bits per heavy atom. The molecule has 0 radical (unpaired) electrons. The molecule has 0 bridgehead atoms. The van der Waals surface area contributed by atoms with Gasteiger partial charge in [0, 0.05) is 53.8 Å². The SMILES string of the molecule is Cc1ccc(-c2nnc(Nc3ccc(C(N)=O)cc3)c3ccccc23)cc1S(=O)(=O)N1CCN(C)CC1. The van der Waals surface area contributed by atoms with E-state index in [2.05, 4.69) is 20.4 Å². The van der Waals surface area contributed by atoms with Crippen LogP contribution in [0.3, 0.4) is 0 Å². The van der Waals surface area contributed by atoms with Crippen LogP contribution in [0.15, 0.2) is 71.6 Å². The highest BCUT2D eigenvalue weighted by Gasteiger charge is 2.29. The van der Waals surface area contributed by atoms with Crippen LogP contribution in [0, 0.1) is 6.92 Å². The number of likely N-dealkylation sites (N-methyl/N-ethyl adjacent to an activating group) is 1. The molecule has 1 fully saturated rings. The van der Waals surface area contributed by atoms with Gasteiger partial charge in [0.05, 0.1) is 4.90 Å². The molecule has 3 aromatic carbocycles. The van der Waals surface area contributed by atoms with Gasteiger partial charge in [-0.05, 0) is 49.9 Å². The van der Waals surface area contributed by atoms with E-state index in [1.54, 1.807) is 34.6 Å². The first kappa shape index (κ1) is 24.8. The fourth-order valence-electron chi connectivity index (χ4n) is 4.46. The fraction of sp³-hybridized carbons (Fsp3) is 0.222. The summed E-state index contributed by atoms with van der Waals surface area (Å²) in [5, 5.41) is 13.8. The molecule has 0 unspecified atom stereocenters. The summed E-state index contributed by atoms with van der Waals surface area (Å²) in [5.74, 6) is 0.0526. The van der Waals surface area contributed by atoms with Crippen molar-refractivity contribution in [2.75, 3.05) is 38.5 Å². The molecule has 0 saturated carbocycles. The van der Waals surface area contributed by atoms with E-state index in [4.69, 9.17) is 5.73 Å². The number of nitrogens with zero attached hydrogens (tertiary/aromatic N) is 4. The van der Waals surface area contributed by atoms with Crippen LogP contribution in [-0.4, -0.2) is 67.0 Å². The molecule has 190 valence electrons. The molecular weight excluding hydrogens is 488 g/mol. The molecule has 2 heterocycles. The molecule has 1 aliphatic rings. The normalized spacial score (nSPS) is 15.1. The second-order valence-corrected chi connectivity index (χ2v) is 11.1. The maximum atomic E-state index is 13.5. The first-order valence-electron chi connectivity index (χ1n) is 12.0. The lowest BCUT2D eigenvalue weighted by molar-refractivity contribution is 0.100. The minimum atomic E-state index is -3.65. The van der Waals surface area contributed by atoms with E-state index in [9.17, 15) is 13.2 Å². The number of fused-ring (bicyclic) bond motifs is 1. The lowest BCUT2D eigenvalue weighted by atomic mass is 10.0. The Kier molecular flexibility index (Phi) is 6.63. The van der Waals surface area contributed by atoms with Gasteiger partial charge in [-0.2, -0.15) is 4.31 Å². The molecule has 10 heteroatoms. The predicted octanol–water partition coefficient (Wildman–Crippen LogP) is 3.38. The number of nitrogens with one attached hydrogen (secondary N) is 1. The molecule has 1 aliphatic heterocycles. The Hall–Kier alpha value is -3.86. The molecule has 4 aromatic rings. The number of hydrogen-bond acceptors (Lipinski definition) is 7. The molecule has 0 spiro atoms. The Bertz CT molecular complexity index is 1580. The van der Waals surface area contributed by atoms with Crippen LogP contribution in [0.1, 0.15) is 15.9 Å². The van der Waals surface area contributed by atoms with Crippen LogP contribution in [0.2, 0.25) is 0 Å². The molecule has 3 N–H and O–H groups in total. The Morgan fingerprint density at radius 3 is 2.27 bits per heavy atom. The third-order valence-corrected chi connectivity index (χ3v) is 8.70. The number of primary amides is 1. The van der Waals surface area contributed by atoms with E-state index in [1.165, 1.54) is 0 Å². The van der Waals surface area contributed by atoms with Gasteiger partial charge in [0.1, 0.15) is 5.69 Å². The smallest absolute Gasteiger partial charge is 0.248 e. The van der Waals surface area contributed by atoms with E-state index in [-0.39, 0.29) is 4.90 Å². The van der Waals surface area contributed by atoms with Crippen molar-refractivity contribution < 1.29 is 13.2 Å². The van der Waals surface area contributed by atoms with Crippen LogP contribution in [-0.2, 0) is 10.0 Å². The van der Waals surface area contributed by atoms with E-state index in [1.807, 2.05) is 50.4 Å². The maximum Gasteiger partial charge on any atom is 0.248 e. The zero-order valence-corrected chi connectivity index (χ0v) is 21.5. The molecule has 9 nitrogen and oxygen atoms in total. The summed E-state index contributed by atoms with van der Waals surface area (Å²) in [6.07, 6.45) is 0. The van der Waals surface area contributed by atoms with Crippen LogP contribution in [0.4, 0.5) is 11.5 Å². The highest BCUT2D eigenvalue weighted by molar-refractivity contribution is 7.89. The number of anilines is 2. The zero-order valence-electron chi connectivity index (χ0n) is 20.7. The van der Waals surface area contributed by atoms with Crippen molar-refractivity contribution in [2.24, 2.45) is 5.73 Å². The fourth-order valence-corrected chi connectivity index (χ4v) is 6.13. The van der Waals surface area contributed by atoms with Crippen molar-refractivity contribution in [3.8, 4) is 11.3 Å². The van der Waals surface area contributed by atoms with Gasteiger partial charge in [0.2, 0.25) is 15.9 Å². The van der Waals surface area contributed by atoms with Gasteiger partial charge in [0.25, 0.3) is 0 Å². The molecule has 1 amide bonds. The highest BCUT2D eigenvalue weighted by Crippen LogP contribution is 2.33. The number of rotatable bonds is 6. The summed E-state index contributed by atoms with van der Waals surface area (Å²) in [7, 11) is -1.65. The number of nitrogens with two attached hydrogens (primary N) is 1. The van der Waals surface area contributed by atoms with Crippen molar-refractivity contribution >= 4 is 38.2 Å². The zero-order chi connectivity index (χ0) is 26.2. The number of hydrogen-bond donors (Lipinski definition) is 2. The second-order valence-electron chi connectivity index (χ2n) is 9.20. The third-order valence-electron chi connectivity index (χ3n) is 6.66. The minimum absolute atomic E-state index is 0.289. The van der Waals surface area contributed by atoms with E-state index >= 15 is 0 Å². The maximum absolute atomic E-state index is 13.5. The average molecular weight is 517 g/mol. The van der Waals surface area contributed by atoms with Gasteiger partial charge < -0.3 is 16.0 Å². The molecule has 37 heavy (non-hydrogen) atoms. The molecule has 5 rings (SSSR count). The number of carbonyl (C=O) groups is 1. The first-order chi connectivity index (χ1) is 17.7. The Morgan fingerprint density at radius 2 is 1.59 bits per heavy atom. The van der Waals surface area contributed by atoms with Crippen molar-refractivity contribution in [3.05, 3.63) is 77.9 Å². The second kappa shape index (κ2) is 9.89. The standard InChI is InChI=1S/C27H28N6O3S/c1-18-7-8-20(17-24(18)37(35,36)33-15-13-32(2)14-16-33)25-22-5-3-4-6-23(22)27(31-30-25)29-21-11-9-19(10-12-21)26(28)34/h3-12,17H,13-16H2,1-2H3,(H2,28,34)(H,29,31). The molecule has 0 aliphatic carbocycles. The number of sulfonamides is 1. The van der Waals surface area contributed by atoms with E-state index < -0.39 is 15.9 Å². The number of amides is 1. The van der Waals surface area contributed by atoms with Gasteiger partial charge in [-0.15, -0.1) is 10.2 Å². The van der Waals surface area contributed by atoms with Crippen molar-refractivity contribution in [3.63, 3.8) is 0 Å². The number of carbonyl (C=O) groups excluding carboxylic acids is 1. The van der Waals surface area contributed by atoms with Gasteiger partial charge >= 0.3 is 0 Å². The summed E-state index contributed by atoms with van der Waals surface area (Å²) in [5.41, 5.74) is 8.45. The summed E-state index contributed by atoms with van der Waals surface area (Å²) < 4.78 is 28.6. The van der Waals surface area contributed by atoms with Gasteiger partial charge in [-0.25, -0.2) is 8.42 Å². The monoisotopic (exact) mass is 516 g/mol. The van der Waals surface area contributed by atoms with Crippen LogP contribution < -0.4 is 11.1 Å². The summed E-state index contributed by atoms with van der Waals surface area (Å²) in [4.78, 5) is 13.8. The molecular formula is C27H28N6O3S. The average Bonchev–Trinajstić information content (AvgIpc) is 2.90. The Balaban J connectivity index is 1.53. The number of aryl methyl sites for hydroxylation is 1. The first-order valence-corrected chi connectivity index (χ1v) is 13.4. The largest absolute Gasteiger partial charge is 0.366 e. The quantitative estimate of drug-likeness (QED) is 0.403. The van der Waals surface area contributed by atoms with Crippen LogP contribution >= 0.6 is 0 Å². The van der Waals surface area contributed by atoms with E-state index in [0.29, 0.717) is 54.4 Å². The van der Waals surface area contributed by atoms with Crippen molar-refractivity contribution in [1.29, 1.82) is 0 Å². The predicted molar refractivity (Wildman–Crippen MR) is 144 cm³/mol. The lowest BCUT2D eigenvalue weighted by Crippen LogP contribution is -2.47. The molecule has 0 atom stereocenters. The summed E-state index contributed by atoms with van der Waals surface area (Å²) >= 11 is 0. The lowest BCUT2D eigenvalue weighted by Gasteiger charge is -2.32. The molecule has 1 saturated heterocycles. The highest BCUT2D eigenvalue weighted by atomic mass is 32.2. The topological polar surface area (TPSA) is 122 Å². The van der Waals surface area contributed by atoms with Crippen LogP contribution in [0.25, 0.3) is 22.0 Å². The Labute approximate surface area is 216 Å². The van der Waals surface area contributed by atoms with Gasteiger partial charge in [-0.1, -0.05) is 36.4 Å². The van der Waals surface area contributed by atoms with E-state index in [0.717, 1.165) is 16.5 Å². The van der Waals surface area contributed by atoms with Crippen molar-refractivity contribution in [2.45, 2.75) is 11.8 Å². The van der Waals surface area contributed by atoms with Crippen LogP contribution in [0.5, 0.6) is 0 Å². The van der Waals surface area contributed by atoms with Gasteiger partial charge in [-0.3, -0.25) is 4.79 Å². The number of aromatic nitrogens is 2.